The second kappa shape index (κ2) is 7.77. The van der Waals surface area contributed by atoms with Crippen LogP contribution in [0.25, 0.3) is 0 Å². The number of anilines is 1. The molecule has 0 aliphatic carbocycles. The summed E-state index contributed by atoms with van der Waals surface area (Å²) in [6.07, 6.45) is -0.804. The maximum Gasteiger partial charge on any atom is 0.216 e. The Morgan fingerprint density at radius 1 is 1.11 bits per heavy atom. The second-order valence-corrected chi connectivity index (χ2v) is 10.2. The van der Waals surface area contributed by atoms with Crippen LogP contribution >= 0.6 is 0 Å². The molecule has 0 spiro atoms. The summed E-state index contributed by atoms with van der Waals surface area (Å²) in [6, 6.07) is 10.7. The van der Waals surface area contributed by atoms with E-state index in [-0.39, 0.29) is 11.2 Å². The largest absolute Gasteiger partial charge is 0.390 e. The van der Waals surface area contributed by atoms with Crippen molar-refractivity contribution in [3.8, 4) is 0 Å². The van der Waals surface area contributed by atoms with Crippen LogP contribution in [0, 0.1) is 6.92 Å². The second-order valence-electron chi connectivity index (χ2n) is 8.44. The average molecular weight is 405 g/mol. The summed E-state index contributed by atoms with van der Waals surface area (Å²) in [6.45, 7) is 8.86. The molecule has 3 rings (SSSR count). The molecule has 0 bridgehead atoms. The maximum absolute atomic E-state index is 12.6. The van der Waals surface area contributed by atoms with Crippen LogP contribution in [0.3, 0.4) is 0 Å². The molecule has 8 heteroatoms. The topological polar surface area (TPSA) is 95.4 Å². The van der Waals surface area contributed by atoms with E-state index in [0.29, 0.717) is 24.5 Å². The predicted molar refractivity (Wildman–Crippen MR) is 110 cm³/mol. The van der Waals surface area contributed by atoms with Crippen LogP contribution in [-0.2, 0) is 21.2 Å². The Labute approximate surface area is 166 Å². The Morgan fingerprint density at radius 2 is 1.79 bits per heavy atom. The van der Waals surface area contributed by atoms with E-state index in [0.717, 1.165) is 11.3 Å². The van der Waals surface area contributed by atoms with Gasteiger partial charge in [-0.05, 0) is 35.6 Å². The molecule has 2 heterocycles. The van der Waals surface area contributed by atoms with Crippen molar-refractivity contribution in [2.24, 2.45) is 0 Å². The Kier molecular flexibility index (Phi) is 5.74. The van der Waals surface area contributed by atoms with Gasteiger partial charge in [-0.2, -0.15) is 5.10 Å². The van der Waals surface area contributed by atoms with Gasteiger partial charge in [-0.25, -0.2) is 13.1 Å². The number of aromatic nitrogens is 2. The van der Waals surface area contributed by atoms with Crippen molar-refractivity contribution in [3.63, 3.8) is 0 Å². The van der Waals surface area contributed by atoms with Gasteiger partial charge in [-0.15, -0.1) is 5.10 Å². The van der Waals surface area contributed by atoms with Gasteiger partial charge in [0.1, 0.15) is 0 Å². The SMILES string of the molecule is Cc1ccc(N2C[C@H](NS(=O)(=O)Cc3ccc(C(C)(C)C)cc3)[C@@H](O)C2)nn1. The minimum Gasteiger partial charge on any atom is -0.390 e. The Morgan fingerprint density at radius 3 is 2.36 bits per heavy atom. The zero-order chi connectivity index (χ0) is 20.5. The lowest BCUT2D eigenvalue weighted by Crippen LogP contribution is -2.43. The molecule has 1 saturated heterocycles. The first-order chi connectivity index (χ1) is 13.0. The van der Waals surface area contributed by atoms with E-state index in [1.165, 1.54) is 0 Å². The van der Waals surface area contributed by atoms with E-state index in [1.54, 1.807) is 0 Å². The van der Waals surface area contributed by atoms with Gasteiger partial charge in [-0.1, -0.05) is 45.0 Å². The van der Waals surface area contributed by atoms with Crippen LogP contribution in [0.5, 0.6) is 0 Å². The Bertz CT molecular complexity index is 906. The molecule has 2 atom stereocenters. The number of aliphatic hydroxyl groups is 1. The van der Waals surface area contributed by atoms with Gasteiger partial charge in [0.2, 0.25) is 10.0 Å². The first-order valence-corrected chi connectivity index (χ1v) is 11.0. The number of rotatable bonds is 5. The molecule has 152 valence electrons. The van der Waals surface area contributed by atoms with Gasteiger partial charge in [0.25, 0.3) is 0 Å². The third-order valence-corrected chi connectivity index (χ3v) is 6.28. The molecule has 0 unspecified atom stereocenters. The zero-order valence-electron chi connectivity index (χ0n) is 16.8. The molecule has 2 aromatic rings. The van der Waals surface area contributed by atoms with E-state index in [2.05, 4.69) is 35.7 Å². The van der Waals surface area contributed by atoms with Crippen LogP contribution in [0.15, 0.2) is 36.4 Å². The third-order valence-electron chi connectivity index (χ3n) is 4.90. The highest BCUT2D eigenvalue weighted by molar-refractivity contribution is 7.88. The van der Waals surface area contributed by atoms with Crippen molar-refractivity contribution in [3.05, 3.63) is 53.2 Å². The van der Waals surface area contributed by atoms with E-state index in [4.69, 9.17) is 0 Å². The van der Waals surface area contributed by atoms with Crippen LogP contribution in [-0.4, -0.2) is 49.0 Å². The summed E-state index contributed by atoms with van der Waals surface area (Å²) >= 11 is 0. The molecule has 1 aromatic heterocycles. The summed E-state index contributed by atoms with van der Waals surface area (Å²) in [5.74, 6) is 0.509. The van der Waals surface area contributed by atoms with Gasteiger partial charge in [-0.3, -0.25) is 0 Å². The van der Waals surface area contributed by atoms with E-state index >= 15 is 0 Å². The number of sulfonamides is 1. The summed E-state index contributed by atoms with van der Waals surface area (Å²) in [4.78, 5) is 1.84. The van der Waals surface area contributed by atoms with Crippen molar-refractivity contribution < 1.29 is 13.5 Å². The molecule has 1 aromatic carbocycles. The summed E-state index contributed by atoms with van der Waals surface area (Å²) < 4.78 is 27.8. The fraction of sp³-hybridized carbons (Fsp3) is 0.500. The molecule has 28 heavy (non-hydrogen) atoms. The van der Waals surface area contributed by atoms with Crippen LogP contribution in [0.1, 0.15) is 37.6 Å². The van der Waals surface area contributed by atoms with Crippen LogP contribution in [0.2, 0.25) is 0 Å². The maximum atomic E-state index is 12.6. The lowest BCUT2D eigenvalue weighted by atomic mass is 9.87. The first-order valence-electron chi connectivity index (χ1n) is 9.36. The Hall–Kier alpha value is -2.03. The summed E-state index contributed by atoms with van der Waals surface area (Å²) in [5, 5.41) is 18.4. The molecule has 1 aliphatic heterocycles. The number of nitrogens with zero attached hydrogens (tertiary/aromatic N) is 3. The van der Waals surface area contributed by atoms with Crippen LogP contribution in [0.4, 0.5) is 5.82 Å². The third kappa shape index (κ3) is 5.06. The van der Waals surface area contributed by atoms with Crippen molar-refractivity contribution in [1.29, 1.82) is 0 Å². The van der Waals surface area contributed by atoms with Gasteiger partial charge < -0.3 is 10.0 Å². The standard InChI is InChI=1S/C20H28N4O3S/c1-14-5-10-19(22-21-14)24-11-17(18(25)12-24)23-28(26,27)13-15-6-8-16(9-7-15)20(2,3)4/h5-10,17-18,23,25H,11-13H2,1-4H3/t17-,18-/m0/s1. The molecular formula is C20H28N4O3S. The number of benzene rings is 1. The quantitative estimate of drug-likeness (QED) is 0.788. The highest BCUT2D eigenvalue weighted by atomic mass is 32.2. The van der Waals surface area contributed by atoms with E-state index < -0.39 is 22.2 Å². The normalized spacial score (nSPS) is 20.5. The summed E-state index contributed by atoms with van der Waals surface area (Å²) in [7, 11) is -3.58. The van der Waals surface area contributed by atoms with Gasteiger partial charge >= 0.3 is 0 Å². The van der Waals surface area contributed by atoms with Crippen molar-refractivity contribution in [1.82, 2.24) is 14.9 Å². The average Bonchev–Trinajstić information content (AvgIpc) is 2.94. The van der Waals surface area contributed by atoms with Gasteiger partial charge in [0, 0.05) is 13.1 Å². The number of aliphatic hydroxyl groups excluding tert-OH is 1. The number of hydrogen-bond donors (Lipinski definition) is 2. The number of hydrogen-bond acceptors (Lipinski definition) is 6. The first kappa shape index (κ1) is 20.7. The number of β-amino-alcohol motifs (C(OH)–C–C–N with tert-alkyl or cyclic N) is 1. The molecule has 1 fully saturated rings. The Balaban J connectivity index is 1.64. The highest BCUT2D eigenvalue weighted by Gasteiger charge is 2.35. The van der Waals surface area contributed by atoms with E-state index in [1.807, 2.05) is 48.2 Å². The smallest absolute Gasteiger partial charge is 0.216 e. The molecule has 0 radical (unpaired) electrons. The van der Waals surface area contributed by atoms with Crippen molar-refractivity contribution in [2.75, 3.05) is 18.0 Å². The molecule has 1 aliphatic rings. The van der Waals surface area contributed by atoms with Crippen LogP contribution < -0.4 is 9.62 Å². The fourth-order valence-corrected chi connectivity index (χ4v) is 4.65. The molecule has 7 nitrogen and oxygen atoms in total. The van der Waals surface area contributed by atoms with Crippen molar-refractivity contribution >= 4 is 15.8 Å². The molecular weight excluding hydrogens is 376 g/mol. The lowest BCUT2D eigenvalue weighted by Gasteiger charge is -2.19. The minimum atomic E-state index is -3.58. The monoisotopic (exact) mass is 404 g/mol. The van der Waals surface area contributed by atoms with E-state index in [9.17, 15) is 13.5 Å². The van der Waals surface area contributed by atoms with Crippen molar-refractivity contribution in [2.45, 2.75) is 51.0 Å². The predicted octanol–water partition coefficient (Wildman–Crippen LogP) is 1.75. The van der Waals surface area contributed by atoms with Gasteiger partial charge in [0.15, 0.2) is 5.82 Å². The molecule has 0 saturated carbocycles. The fourth-order valence-electron chi connectivity index (χ4n) is 3.24. The highest BCUT2D eigenvalue weighted by Crippen LogP contribution is 2.23. The molecule has 0 amide bonds. The minimum absolute atomic E-state index is 0.0198. The summed E-state index contributed by atoms with van der Waals surface area (Å²) in [5.41, 5.74) is 2.70. The lowest BCUT2D eigenvalue weighted by molar-refractivity contribution is 0.174. The zero-order valence-corrected chi connectivity index (χ0v) is 17.6. The number of nitrogens with one attached hydrogen (secondary N) is 1. The molecule has 2 N–H and O–H groups in total. The van der Waals surface area contributed by atoms with Gasteiger partial charge in [0.05, 0.1) is 23.6 Å². The number of aryl methyl sites for hydroxylation is 1.